The van der Waals surface area contributed by atoms with Gasteiger partial charge in [0.2, 0.25) is 0 Å². The van der Waals surface area contributed by atoms with Crippen LogP contribution < -0.4 is 10.5 Å². The molecule has 1 saturated heterocycles. The van der Waals surface area contributed by atoms with Crippen molar-refractivity contribution in [1.82, 2.24) is 29.4 Å². The number of aryl methyl sites for hydroxylation is 1. The normalized spacial score (nSPS) is 16.1. The van der Waals surface area contributed by atoms with E-state index in [1.165, 1.54) is 6.33 Å². The van der Waals surface area contributed by atoms with Gasteiger partial charge in [-0.25, -0.2) is 9.67 Å². The van der Waals surface area contributed by atoms with Crippen molar-refractivity contribution in [3.05, 3.63) is 46.3 Å². The molecule has 0 saturated carbocycles. The molecule has 28 heavy (non-hydrogen) atoms. The second kappa shape index (κ2) is 7.00. The van der Waals surface area contributed by atoms with E-state index < -0.39 is 0 Å². The maximum atomic E-state index is 12.3. The molecule has 0 amide bonds. The van der Waals surface area contributed by atoms with E-state index in [0.29, 0.717) is 18.2 Å². The monoisotopic (exact) mass is 381 g/mol. The molecule has 0 unspecified atom stereocenters. The van der Waals surface area contributed by atoms with Gasteiger partial charge in [-0.2, -0.15) is 19.7 Å². The van der Waals surface area contributed by atoms with Gasteiger partial charge in [0, 0.05) is 42.9 Å². The summed E-state index contributed by atoms with van der Waals surface area (Å²) in [6.45, 7) is 10.8. The van der Waals surface area contributed by atoms with Gasteiger partial charge in [0.05, 0.1) is 5.69 Å². The number of hydrogen-bond donors (Lipinski definition) is 0. The van der Waals surface area contributed by atoms with Crippen molar-refractivity contribution in [3.63, 3.8) is 0 Å². The fraction of sp³-hybridized carbons (Fsp3) is 0.550. The highest BCUT2D eigenvalue weighted by Crippen LogP contribution is 2.25. The molecule has 3 aromatic rings. The van der Waals surface area contributed by atoms with Gasteiger partial charge in [-0.3, -0.25) is 4.79 Å². The van der Waals surface area contributed by atoms with Gasteiger partial charge < -0.3 is 4.90 Å². The van der Waals surface area contributed by atoms with E-state index in [0.717, 1.165) is 43.1 Å². The van der Waals surface area contributed by atoms with Gasteiger partial charge in [0.15, 0.2) is 0 Å². The zero-order valence-electron chi connectivity index (χ0n) is 17.0. The molecule has 0 radical (unpaired) electrons. The van der Waals surface area contributed by atoms with E-state index in [2.05, 4.69) is 51.9 Å². The molecule has 8 heteroatoms. The van der Waals surface area contributed by atoms with Crippen molar-refractivity contribution >= 4 is 11.6 Å². The molecule has 148 valence electrons. The average Bonchev–Trinajstić information content (AvgIpc) is 3.11. The highest BCUT2D eigenvalue weighted by atomic mass is 16.1. The van der Waals surface area contributed by atoms with E-state index >= 15 is 0 Å². The summed E-state index contributed by atoms with van der Waals surface area (Å²) in [4.78, 5) is 23.2. The summed E-state index contributed by atoms with van der Waals surface area (Å²) in [6.07, 6.45) is 3.55. The lowest BCUT2D eigenvalue weighted by Gasteiger charge is -2.33. The van der Waals surface area contributed by atoms with E-state index in [1.54, 1.807) is 15.3 Å². The van der Waals surface area contributed by atoms with Crippen molar-refractivity contribution in [2.45, 2.75) is 52.5 Å². The van der Waals surface area contributed by atoms with Crippen LogP contribution >= 0.6 is 0 Å². The first-order valence-corrected chi connectivity index (χ1v) is 9.82. The van der Waals surface area contributed by atoms with Gasteiger partial charge in [0.25, 0.3) is 11.3 Å². The fourth-order valence-corrected chi connectivity index (χ4v) is 3.71. The standard InChI is InChI=1S/C20H27N7O/c1-14-11-17(27-19(23-14)21-13-22-27)25-9-7-15(8-10-25)12-26-18(28)6-5-16(24-26)20(2,3)4/h5-6,11,13,15H,7-10,12H2,1-4H3. The van der Waals surface area contributed by atoms with Crippen LogP contribution in [0.3, 0.4) is 0 Å². The summed E-state index contributed by atoms with van der Waals surface area (Å²) < 4.78 is 3.44. The highest BCUT2D eigenvalue weighted by Gasteiger charge is 2.24. The van der Waals surface area contributed by atoms with Crippen LogP contribution in [0, 0.1) is 12.8 Å². The molecule has 1 aliphatic rings. The van der Waals surface area contributed by atoms with E-state index in [-0.39, 0.29) is 11.0 Å². The van der Waals surface area contributed by atoms with Crippen LogP contribution in [-0.2, 0) is 12.0 Å². The smallest absolute Gasteiger partial charge is 0.266 e. The Kier molecular flexibility index (Phi) is 4.64. The minimum absolute atomic E-state index is 0.0236. The second-order valence-corrected chi connectivity index (χ2v) is 8.65. The third kappa shape index (κ3) is 3.63. The number of rotatable bonds is 3. The zero-order chi connectivity index (χ0) is 19.9. The molecule has 1 fully saturated rings. The summed E-state index contributed by atoms with van der Waals surface area (Å²) >= 11 is 0. The van der Waals surface area contributed by atoms with Crippen molar-refractivity contribution in [3.8, 4) is 0 Å². The molecule has 1 aliphatic heterocycles. The summed E-state index contributed by atoms with van der Waals surface area (Å²) in [5, 5.41) is 8.93. The van der Waals surface area contributed by atoms with Crippen LogP contribution in [0.1, 0.15) is 45.0 Å². The second-order valence-electron chi connectivity index (χ2n) is 8.65. The molecular formula is C20H27N7O. The highest BCUT2D eigenvalue weighted by molar-refractivity contribution is 5.47. The Bertz CT molecular complexity index is 1040. The van der Waals surface area contributed by atoms with Crippen LogP contribution in [-0.4, -0.2) is 42.5 Å². The first-order valence-electron chi connectivity index (χ1n) is 9.82. The SMILES string of the molecule is Cc1cc(N2CCC(Cn3nc(C(C)(C)C)ccc3=O)CC2)n2ncnc2n1. The third-order valence-electron chi connectivity index (χ3n) is 5.37. The minimum Gasteiger partial charge on any atom is -0.356 e. The molecule has 0 aromatic carbocycles. The van der Waals surface area contributed by atoms with Crippen LogP contribution in [0.4, 0.5) is 5.82 Å². The molecule has 0 atom stereocenters. The molecule has 4 heterocycles. The lowest BCUT2D eigenvalue weighted by atomic mass is 9.92. The number of aromatic nitrogens is 6. The van der Waals surface area contributed by atoms with Gasteiger partial charge in [0.1, 0.15) is 12.1 Å². The summed E-state index contributed by atoms with van der Waals surface area (Å²) in [5.74, 6) is 2.10. The predicted octanol–water partition coefficient (Wildman–Crippen LogP) is 2.20. The lowest BCUT2D eigenvalue weighted by molar-refractivity contribution is 0.329. The predicted molar refractivity (Wildman–Crippen MR) is 108 cm³/mol. The summed E-state index contributed by atoms with van der Waals surface area (Å²) in [7, 11) is 0. The average molecular weight is 381 g/mol. The molecular weight excluding hydrogens is 354 g/mol. The Morgan fingerprint density at radius 1 is 1.18 bits per heavy atom. The Morgan fingerprint density at radius 2 is 1.93 bits per heavy atom. The van der Waals surface area contributed by atoms with E-state index in [9.17, 15) is 4.79 Å². The number of nitrogens with zero attached hydrogens (tertiary/aromatic N) is 7. The van der Waals surface area contributed by atoms with E-state index in [1.807, 2.05) is 13.0 Å². The Labute approximate surface area is 164 Å². The van der Waals surface area contributed by atoms with Gasteiger partial charge in [-0.1, -0.05) is 20.8 Å². The summed E-state index contributed by atoms with van der Waals surface area (Å²) in [5.41, 5.74) is 1.79. The first kappa shape index (κ1) is 18.6. The zero-order valence-corrected chi connectivity index (χ0v) is 17.0. The topological polar surface area (TPSA) is 81.2 Å². The van der Waals surface area contributed by atoms with Gasteiger partial charge in [-0.15, -0.1) is 0 Å². The number of fused-ring (bicyclic) bond motifs is 1. The largest absolute Gasteiger partial charge is 0.356 e. The number of piperidine rings is 1. The molecule has 0 spiro atoms. The van der Waals surface area contributed by atoms with E-state index in [4.69, 9.17) is 0 Å². The molecule has 0 N–H and O–H groups in total. The molecule has 8 nitrogen and oxygen atoms in total. The van der Waals surface area contributed by atoms with Crippen LogP contribution in [0.15, 0.2) is 29.3 Å². The Morgan fingerprint density at radius 3 is 2.64 bits per heavy atom. The van der Waals surface area contributed by atoms with Gasteiger partial charge in [-0.05, 0) is 31.7 Å². The third-order valence-corrected chi connectivity index (χ3v) is 5.37. The molecule has 0 aliphatic carbocycles. The Balaban J connectivity index is 1.48. The van der Waals surface area contributed by atoms with Crippen LogP contribution in [0.25, 0.3) is 5.78 Å². The first-order chi connectivity index (χ1) is 13.3. The number of anilines is 1. The maximum absolute atomic E-state index is 12.3. The van der Waals surface area contributed by atoms with Crippen LogP contribution in [0.2, 0.25) is 0 Å². The Hall–Kier alpha value is -2.77. The molecule has 0 bridgehead atoms. The maximum Gasteiger partial charge on any atom is 0.266 e. The fourth-order valence-electron chi connectivity index (χ4n) is 3.71. The summed E-state index contributed by atoms with van der Waals surface area (Å²) in [6, 6.07) is 5.54. The lowest BCUT2D eigenvalue weighted by Crippen LogP contribution is -2.38. The van der Waals surface area contributed by atoms with Crippen molar-refractivity contribution in [1.29, 1.82) is 0 Å². The minimum atomic E-state index is -0.0683. The van der Waals surface area contributed by atoms with Crippen molar-refractivity contribution < 1.29 is 0 Å². The van der Waals surface area contributed by atoms with Gasteiger partial charge >= 0.3 is 0 Å². The molecule has 3 aromatic heterocycles. The van der Waals surface area contributed by atoms with Crippen LogP contribution in [0.5, 0.6) is 0 Å². The quantitative estimate of drug-likeness (QED) is 0.692. The van der Waals surface area contributed by atoms with Crippen molar-refractivity contribution in [2.24, 2.45) is 5.92 Å². The molecule has 4 rings (SSSR count). The van der Waals surface area contributed by atoms with Crippen molar-refractivity contribution in [2.75, 3.05) is 18.0 Å². The number of hydrogen-bond acceptors (Lipinski definition) is 6.